The molecule has 1 amide bonds. The molecule has 1 atom stereocenters. The molecule has 1 fully saturated rings. The minimum absolute atomic E-state index is 0.194. The largest absolute Gasteiger partial charge is 0.448 e. The van der Waals surface area contributed by atoms with E-state index in [0.29, 0.717) is 36.0 Å². The van der Waals surface area contributed by atoms with Crippen LogP contribution in [0.2, 0.25) is 0 Å². The van der Waals surface area contributed by atoms with E-state index >= 15 is 0 Å². The normalized spacial score (nSPS) is 15.3. The fraction of sp³-hybridized carbons (Fsp3) is 0.333. The minimum atomic E-state index is -0.336. The van der Waals surface area contributed by atoms with Crippen LogP contribution in [0.5, 0.6) is 0 Å². The van der Waals surface area contributed by atoms with Crippen LogP contribution in [0.1, 0.15) is 22.2 Å². The summed E-state index contributed by atoms with van der Waals surface area (Å²) in [6.45, 7) is 3.21. The predicted molar refractivity (Wildman–Crippen MR) is 81.7 cm³/mol. The lowest BCUT2D eigenvalue weighted by Crippen LogP contribution is -2.28. The summed E-state index contributed by atoms with van der Waals surface area (Å²) in [7, 11) is 0. The lowest BCUT2D eigenvalue weighted by molar-refractivity contribution is 0.158. The second kappa shape index (κ2) is 6.71. The number of ether oxygens (including phenoxy) is 1. The highest BCUT2D eigenvalue weighted by Gasteiger charge is 2.28. The summed E-state index contributed by atoms with van der Waals surface area (Å²) < 4.78 is 9.89. The highest BCUT2D eigenvalue weighted by molar-refractivity contribution is 7.99. The van der Waals surface area contributed by atoms with Gasteiger partial charge in [-0.2, -0.15) is 5.26 Å². The maximum atomic E-state index is 11.7. The van der Waals surface area contributed by atoms with Crippen LogP contribution >= 0.6 is 11.8 Å². The molecule has 0 bridgehead atoms. The molecule has 0 aromatic carbocycles. The first kappa shape index (κ1) is 15.4. The molecule has 1 unspecified atom stereocenters. The van der Waals surface area contributed by atoms with Crippen molar-refractivity contribution < 1.29 is 14.1 Å². The molecule has 1 saturated heterocycles. The summed E-state index contributed by atoms with van der Waals surface area (Å²) in [4.78, 5) is 17.7. The molecule has 3 rings (SSSR count). The molecule has 0 N–H and O–H groups in total. The third kappa shape index (κ3) is 3.46. The number of carbonyl (C=O) groups excluding carboxylic acids is 1. The van der Waals surface area contributed by atoms with Crippen LogP contribution in [0.4, 0.5) is 4.79 Å². The summed E-state index contributed by atoms with van der Waals surface area (Å²) in [6.07, 6.45) is 1.15. The Morgan fingerprint density at radius 3 is 3.00 bits per heavy atom. The molecule has 3 heterocycles. The van der Waals surface area contributed by atoms with E-state index in [2.05, 4.69) is 16.2 Å². The van der Waals surface area contributed by atoms with Crippen molar-refractivity contribution in [3.8, 4) is 6.07 Å². The van der Waals surface area contributed by atoms with Crippen molar-refractivity contribution in [1.82, 2.24) is 15.0 Å². The summed E-state index contributed by atoms with van der Waals surface area (Å²) in [5.41, 5.74) is 2.02. The quantitative estimate of drug-likeness (QED) is 0.778. The van der Waals surface area contributed by atoms with E-state index in [0.717, 1.165) is 5.69 Å². The molecule has 118 valence electrons. The van der Waals surface area contributed by atoms with E-state index < -0.39 is 0 Å². The Labute approximate surface area is 137 Å². The lowest BCUT2D eigenvalue weighted by atomic mass is 10.3. The van der Waals surface area contributed by atoms with Gasteiger partial charge in [-0.05, 0) is 19.1 Å². The number of cyclic esters (lactones) is 1. The van der Waals surface area contributed by atoms with Gasteiger partial charge in [-0.25, -0.2) is 9.78 Å². The van der Waals surface area contributed by atoms with Crippen molar-refractivity contribution in [2.45, 2.75) is 17.2 Å². The highest BCUT2D eigenvalue weighted by atomic mass is 32.2. The zero-order valence-electron chi connectivity index (χ0n) is 12.4. The van der Waals surface area contributed by atoms with E-state index in [1.54, 1.807) is 23.1 Å². The van der Waals surface area contributed by atoms with Crippen LogP contribution in [-0.4, -0.2) is 40.8 Å². The average Bonchev–Trinajstić information content (AvgIpc) is 3.19. The van der Waals surface area contributed by atoms with Gasteiger partial charge in [0.15, 0.2) is 0 Å². The third-order valence-electron chi connectivity index (χ3n) is 3.39. The molecule has 0 radical (unpaired) electrons. The number of hydrogen-bond donors (Lipinski definition) is 0. The number of thioether (sulfide) groups is 1. The van der Waals surface area contributed by atoms with Gasteiger partial charge in [-0.1, -0.05) is 16.9 Å². The summed E-state index contributed by atoms with van der Waals surface area (Å²) >= 11 is 1.40. The number of nitrogens with zero attached hydrogens (tertiary/aromatic N) is 4. The SMILES string of the molecule is Cc1ccc(C#N)c(SC(CN2CCOC2=O)c2ccon2)n1. The molecule has 0 spiro atoms. The van der Waals surface area contributed by atoms with Crippen molar-refractivity contribution in [3.63, 3.8) is 0 Å². The van der Waals surface area contributed by atoms with Crippen LogP contribution in [0.25, 0.3) is 0 Å². The molecule has 2 aromatic heterocycles. The monoisotopic (exact) mass is 330 g/mol. The minimum Gasteiger partial charge on any atom is -0.448 e. The Hall–Kier alpha value is -2.53. The topological polar surface area (TPSA) is 92.2 Å². The van der Waals surface area contributed by atoms with E-state index in [-0.39, 0.29) is 11.3 Å². The lowest BCUT2D eigenvalue weighted by Gasteiger charge is -2.20. The third-order valence-corrected chi connectivity index (χ3v) is 4.60. The van der Waals surface area contributed by atoms with Crippen LogP contribution in [0.3, 0.4) is 0 Å². The van der Waals surface area contributed by atoms with E-state index in [1.165, 1.54) is 18.0 Å². The summed E-state index contributed by atoms with van der Waals surface area (Å²) in [5, 5.41) is 13.7. The standard InChI is InChI=1S/C15H14N4O3S/c1-10-2-3-11(8-16)14(17-10)23-13(12-4-6-22-18-12)9-19-5-7-21-15(19)20/h2-4,6,13H,5,7,9H2,1H3. The number of aryl methyl sites for hydroxylation is 1. The van der Waals surface area contributed by atoms with Crippen molar-refractivity contribution in [1.29, 1.82) is 5.26 Å². The van der Waals surface area contributed by atoms with Gasteiger partial charge in [0.1, 0.15) is 24.0 Å². The van der Waals surface area contributed by atoms with Gasteiger partial charge in [0.2, 0.25) is 0 Å². The number of pyridine rings is 1. The van der Waals surface area contributed by atoms with Gasteiger partial charge >= 0.3 is 6.09 Å². The maximum Gasteiger partial charge on any atom is 0.409 e. The first-order valence-corrected chi connectivity index (χ1v) is 7.91. The van der Waals surface area contributed by atoms with Crippen molar-refractivity contribution >= 4 is 17.9 Å². The number of nitriles is 1. The number of aromatic nitrogens is 2. The van der Waals surface area contributed by atoms with Gasteiger partial charge in [0.05, 0.1) is 23.1 Å². The highest BCUT2D eigenvalue weighted by Crippen LogP contribution is 2.36. The van der Waals surface area contributed by atoms with Crippen molar-refractivity contribution in [2.75, 3.05) is 19.7 Å². The zero-order chi connectivity index (χ0) is 16.2. The molecular formula is C15H14N4O3S. The average molecular weight is 330 g/mol. The molecule has 23 heavy (non-hydrogen) atoms. The Morgan fingerprint density at radius 2 is 2.35 bits per heavy atom. The van der Waals surface area contributed by atoms with E-state index in [1.807, 2.05) is 6.92 Å². The van der Waals surface area contributed by atoms with Crippen LogP contribution < -0.4 is 0 Å². The Morgan fingerprint density at radius 1 is 1.48 bits per heavy atom. The van der Waals surface area contributed by atoms with Crippen molar-refractivity contribution in [3.05, 3.63) is 41.4 Å². The predicted octanol–water partition coefficient (Wildman–Crippen LogP) is 2.54. The summed E-state index contributed by atoms with van der Waals surface area (Å²) in [5.74, 6) is 0. The molecule has 2 aromatic rings. The zero-order valence-corrected chi connectivity index (χ0v) is 13.2. The second-order valence-corrected chi connectivity index (χ2v) is 6.20. The first-order valence-electron chi connectivity index (χ1n) is 7.04. The number of carbonyl (C=O) groups is 1. The van der Waals surface area contributed by atoms with Gasteiger partial charge in [-0.3, -0.25) is 0 Å². The van der Waals surface area contributed by atoms with E-state index in [9.17, 15) is 10.1 Å². The van der Waals surface area contributed by atoms with Crippen molar-refractivity contribution in [2.24, 2.45) is 0 Å². The van der Waals surface area contributed by atoms with E-state index in [4.69, 9.17) is 9.26 Å². The Kier molecular flexibility index (Phi) is 4.48. The van der Waals surface area contributed by atoms with Gasteiger partial charge < -0.3 is 14.2 Å². The van der Waals surface area contributed by atoms with Crippen LogP contribution in [0.15, 0.2) is 34.0 Å². The fourth-order valence-electron chi connectivity index (χ4n) is 2.21. The number of amides is 1. The Balaban J connectivity index is 1.86. The molecule has 1 aliphatic heterocycles. The molecule has 0 aliphatic carbocycles. The molecule has 1 aliphatic rings. The van der Waals surface area contributed by atoms with Gasteiger partial charge in [-0.15, -0.1) is 0 Å². The smallest absolute Gasteiger partial charge is 0.409 e. The molecular weight excluding hydrogens is 316 g/mol. The van der Waals surface area contributed by atoms with Crippen LogP contribution in [-0.2, 0) is 4.74 Å². The Bertz CT molecular complexity index is 742. The number of rotatable bonds is 5. The van der Waals surface area contributed by atoms with Gasteiger partial charge in [0, 0.05) is 18.3 Å². The number of hydrogen-bond acceptors (Lipinski definition) is 7. The summed E-state index contributed by atoms with van der Waals surface area (Å²) in [6, 6.07) is 7.44. The van der Waals surface area contributed by atoms with Gasteiger partial charge in [0.25, 0.3) is 0 Å². The maximum absolute atomic E-state index is 11.7. The first-order chi connectivity index (χ1) is 11.2. The molecule has 8 heteroatoms. The van der Waals surface area contributed by atoms with Crippen LogP contribution in [0, 0.1) is 18.3 Å². The molecule has 7 nitrogen and oxygen atoms in total. The second-order valence-electron chi connectivity index (χ2n) is 5.01. The molecule has 0 saturated carbocycles. The fourth-order valence-corrected chi connectivity index (χ4v) is 3.42.